The lowest BCUT2D eigenvalue weighted by Crippen LogP contribution is -2.43. The van der Waals surface area contributed by atoms with E-state index in [1.54, 1.807) is 7.11 Å². The summed E-state index contributed by atoms with van der Waals surface area (Å²) >= 11 is 0. The Bertz CT molecular complexity index is 294. The van der Waals surface area contributed by atoms with Gasteiger partial charge in [-0.1, -0.05) is 13.8 Å². The van der Waals surface area contributed by atoms with Crippen LogP contribution in [0, 0.1) is 5.92 Å². The number of aliphatic hydroxyl groups is 1. The molecule has 0 aliphatic rings. The molecule has 6 nitrogen and oxygen atoms in total. The summed E-state index contributed by atoms with van der Waals surface area (Å²) in [7, 11) is 1.67. The number of hydrogen-bond donors (Lipinski definition) is 3. The molecule has 6 heteroatoms. The van der Waals surface area contributed by atoms with Crippen LogP contribution in [0.15, 0.2) is 4.99 Å². The number of methoxy groups -OCH3 is 1. The van der Waals surface area contributed by atoms with E-state index in [2.05, 4.69) is 29.5 Å². The topological polar surface area (TPSA) is 75.1 Å². The summed E-state index contributed by atoms with van der Waals surface area (Å²) in [5.74, 6) is 1.14. The van der Waals surface area contributed by atoms with Gasteiger partial charge in [0, 0.05) is 26.8 Å². The Hall–Kier alpha value is -0.850. The predicted octanol–water partition coefficient (Wildman–Crippen LogP) is 1.00. The van der Waals surface area contributed by atoms with E-state index in [1.165, 1.54) is 0 Å². The molecule has 0 amide bonds. The van der Waals surface area contributed by atoms with Gasteiger partial charge in [-0.3, -0.25) is 4.99 Å². The average Bonchev–Trinajstić information content (AvgIpc) is 2.41. The summed E-state index contributed by atoms with van der Waals surface area (Å²) in [6.07, 6.45) is -0.553. The summed E-state index contributed by atoms with van der Waals surface area (Å²) < 4.78 is 10.7. The minimum atomic E-state index is -0.553. The van der Waals surface area contributed by atoms with Gasteiger partial charge in [0.2, 0.25) is 0 Å². The molecule has 1 unspecified atom stereocenters. The van der Waals surface area contributed by atoms with Gasteiger partial charge in [0.25, 0.3) is 0 Å². The second-order valence-electron chi connectivity index (χ2n) is 6.13. The molecular weight excluding hydrogens is 270 g/mol. The minimum absolute atomic E-state index is 0.304. The highest BCUT2D eigenvalue weighted by atomic mass is 16.5. The second kappa shape index (κ2) is 10.8. The van der Waals surface area contributed by atoms with E-state index in [-0.39, 0.29) is 5.60 Å². The normalized spacial score (nSPS) is 14.4. The monoisotopic (exact) mass is 303 g/mol. The Morgan fingerprint density at radius 3 is 2.43 bits per heavy atom. The first-order valence-corrected chi connectivity index (χ1v) is 7.63. The van der Waals surface area contributed by atoms with Crippen molar-refractivity contribution in [1.82, 2.24) is 10.6 Å². The van der Waals surface area contributed by atoms with Crippen LogP contribution in [0.1, 0.15) is 34.6 Å². The van der Waals surface area contributed by atoms with Crippen LogP contribution in [0.5, 0.6) is 0 Å². The first kappa shape index (κ1) is 20.1. The maximum atomic E-state index is 9.86. The van der Waals surface area contributed by atoms with Crippen LogP contribution in [0.3, 0.4) is 0 Å². The molecule has 126 valence electrons. The number of aliphatic hydroxyl groups excluding tert-OH is 1. The van der Waals surface area contributed by atoms with Gasteiger partial charge in [-0.15, -0.1) is 0 Å². The van der Waals surface area contributed by atoms with Gasteiger partial charge in [-0.2, -0.15) is 0 Å². The molecule has 0 rings (SSSR count). The molecule has 0 aromatic rings. The van der Waals surface area contributed by atoms with E-state index in [9.17, 15) is 5.11 Å². The molecular formula is C15H33N3O3. The molecule has 0 heterocycles. The number of aliphatic imine (C=N–C) groups is 1. The molecule has 0 aliphatic carbocycles. The molecule has 0 saturated heterocycles. The van der Waals surface area contributed by atoms with Gasteiger partial charge in [-0.25, -0.2) is 0 Å². The van der Waals surface area contributed by atoms with Crippen LogP contribution in [0.2, 0.25) is 0 Å². The third kappa shape index (κ3) is 11.5. The summed E-state index contributed by atoms with van der Waals surface area (Å²) in [5, 5.41) is 16.1. The number of hydrogen-bond acceptors (Lipinski definition) is 4. The largest absolute Gasteiger partial charge is 0.389 e. The van der Waals surface area contributed by atoms with Crippen molar-refractivity contribution in [2.45, 2.75) is 46.3 Å². The van der Waals surface area contributed by atoms with E-state index in [1.807, 2.05) is 20.8 Å². The quantitative estimate of drug-likeness (QED) is 0.415. The molecule has 0 spiro atoms. The van der Waals surface area contributed by atoms with Gasteiger partial charge < -0.3 is 25.2 Å². The maximum Gasteiger partial charge on any atom is 0.191 e. The van der Waals surface area contributed by atoms with Crippen molar-refractivity contribution < 1.29 is 14.6 Å². The summed E-state index contributed by atoms with van der Waals surface area (Å²) in [6.45, 7) is 12.8. The lowest BCUT2D eigenvalue weighted by molar-refractivity contribution is 0.0275. The number of ether oxygens (including phenoxy) is 2. The molecule has 3 N–H and O–H groups in total. The molecule has 0 bridgehead atoms. The Morgan fingerprint density at radius 2 is 1.90 bits per heavy atom. The van der Waals surface area contributed by atoms with Crippen molar-refractivity contribution in [3.8, 4) is 0 Å². The zero-order chi connectivity index (χ0) is 16.3. The van der Waals surface area contributed by atoms with E-state index in [0.717, 1.165) is 6.54 Å². The third-order valence-electron chi connectivity index (χ3n) is 2.78. The molecule has 1 atom stereocenters. The fourth-order valence-electron chi connectivity index (χ4n) is 1.39. The summed E-state index contributed by atoms with van der Waals surface area (Å²) in [6, 6.07) is 0. The smallest absolute Gasteiger partial charge is 0.191 e. The van der Waals surface area contributed by atoms with Crippen LogP contribution in [-0.4, -0.2) is 62.7 Å². The predicted molar refractivity (Wildman–Crippen MR) is 86.7 cm³/mol. The summed E-state index contributed by atoms with van der Waals surface area (Å²) in [4.78, 5) is 4.45. The average molecular weight is 303 g/mol. The Kier molecular flexibility index (Phi) is 10.4. The number of guanidine groups is 1. The van der Waals surface area contributed by atoms with E-state index in [4.69, 9.17) is 9.47 Å². The van der Waals surface area contributed by atoms with Gasteiger partial charge in [-0.05, 0) is 26.7 Å². The molecule has 0 radical (unpaired) electrons. The van der Waals surface area contributed by atoms with Crippen molar-refractivity contribution in [1.29, 1.82) is 0 Å². The Morgan fingerprint density at radius 1 is 1.24 bits per heavy atom. The number of rotatable bonds is 10. The van der Waals surface area contributed by atoms with E-state index < -0.39 is 6.10 Å². The third-order valence-corrected chi connectivity index (χ3v) is 2.78. The Balaban J connectivity index is 4.16. The highest BCUT2D eigenvalue weighted by Crippen LogP contribution is 2.06. The first-order valence-electron chi connectivity index (χ1n) is 7.63. The van der Waals surface area contributed by atoms with Crippen LogP contribution in [-0.2, 0) is 9.47 Å². The number of nitrogens with zero attached hydrogens (tertiary/aromatic N) is 1. The van der Waals surface area contributed by atoms with E-state index in [0.29, 0.717) is 38.2 Å². The van der Waals surface area contributed by atoms with Gasteiger partial charge >= 0.3 is 0 Å². The first-order chi connectivity index (χ1) is 9.80. The van der Waals surface area contributed by atoms with Crippen molar-refractivity contribution in [2.75, 3.05) is 40.0 Å². The van der Waals surface area contributed by atoms with Crippen molar-refractivity contribution in [2.24, 2.45) is 10.9 Å². The zero-order valence-electron chi connectivity index (χ0n) is 14.4. The lowest BCUT2D eigenvalue weighted by atomic mass is 10.1. The standard InChI is InChI=1S/C15H33N3O3/c1-7-16-14(18-11-15(4,5)20-6)17-8-13(19)10-21-9-12(2)3/h12-13,19H,7-11H2,1-6H3,(H2,16,17,18). The second-order valence-corrected chi connectivity index (χ2v) is 6.13. The van der Waals surface area contributed by atoms with Crippen LogP contribution < -0.4 is 10.6 Å². The molecule has 21 heavy (non-hydrogen) atoms. The highest BCUT2D eigenvalue weighted by molar-refractivity contribution is 5.79. The van der Waals surface area contributed by atoms with Gasteiger partial charge in [0.1, 0.15) is 0 Å². The van der Waals surface area contributed by atoms with Crippen LogP contribution in [0.25, 0.3) is 0 Å². The van der Waals surface area contributed by atoms with Crippen molar-refractivity contribution in [3.05, 3.63) is 0 Å². The maximum absolute atomic E-state index is 9.86. The van der Waals surface area contributed by atoms with Gasteiger partial charge in [0.15, 0.2) is 5.96 Å². The van der Waals surface area contributed by atoms with Crippen LogP contribution >= 0.6 is 0 Å². The highest BCUT2D eigenvalue weighted by Gasteiger charge is 2.16. The van der Waals surface area contributed by atoms with Gasteiger partial charge in [0.05, 0.1) is 24.9 Å². The SMILES string of the molecule is CCNC(=NCC(C)(C)OC)NCC(O)COCC(C)C. The molecule has 0 aliphatic heterocycles. The number of nitrogens with one attached hydrogen (secondary N) is 2. The Labute approximate surface area is 129 Å². The molecule has 0 fully saturated rings. The zero-order valence-corrected chi connectivity index (χ0v) is 14.4. The fourth-order valence-corrected chi connectivity index (χ4v) is 1.39. The minimum Gasteiger partial charge on any atom is -0.389 e. The molecule has 0 saturated carbocycles. The summed E-state index contributed by atoms with van der Waals surface area (Å²) in [5.41, 5.74) is -0.304. The molecule has 0 aromatic carbocycles. The van der Waals surface area contributed by atoms with Crippen molar-refractivity contribution >= 4 is 5.96 Å². The fraction of sp³-hybridized carbons (Fsp3) is 0.933. The van der Waals surface area contributed by atoms with E-state index >= 15 is 0 Å². The van der Waals surface area contributed by atoms with Crippen molar-refractivity contribution in [3.63, 3.8) is 0 Å². The molecule has 0 aromatic heterocycles. The van der Waals surface area contributed by atoms with Crippen LogP contribution in [0.4, 0.5) is 0 Å². The lowest BCUT2D eigenvalue weighted by Gasteiger charge is -2.21.